The summed E-state index contributed by atoms with van der Waals surface area (Å²) in [7, 11) is 0. The Balaban J connectivity index is 2.44. The van der Waals surface area contributed by atoms with Gasteiger partial charge in [-0.15, -0.1) is 17.9 Å². The molecule has 0 bridgehead atoms. The van der Waals surface area contributed by atoms with Crippen LogP contribution in [0.2, 0.25) is 0 Å². The second-order valence-corrected chi connectivity index (χ2v) is 5.36. The number of hydrogen-bond donors (Lipinski definition) is 3. The maximum Gasteiger partial charge on any atom is 0.326 e. The van der Waals surface area contributed by atoms with E-state index in [4.69, 9.17) is 5.11 Å². The van der Waals surface area contributed by atoms with Crippen LogP contribution >= 0.6 is 11.3 Å². The molecule has 0 radical (unpaired) electrons. The average molecular weight is 296 g/mol. The summed E-state index contributed by atoms with van der Waals surface area (Å²) in [5.41, 5.74) is 0. The van der Waals surface area contributed by atoms with Crippen molar-refractivity contribution in [2.45, 2.75) is 19.4 Å². The number of aliphatic carboxylic acids is 1. The molecule has 0 saturated heterocycles. The molecule has 1 rings (SSSR count). The van der Waals surface area contributed by atoms with Crippen LogP contribution in [0.4, 0.5) is 0 Å². The molecule has 20 heavy (non-hydrogen) atoms. The largest absolute Gasteiger partial charge is 0.480 e. The van der Waals surface area contributed by atoms with Gasteiger partial charge in [0.2, 0.25) is 5.91 Å². The van der Waals surface area contributed by atoms with E-state index in [0.29, 0.717) is 4.88 Å². The van der Waals surface area contributed by atoms with Gasteiger partial charge in [-0.05, 0) is 25.5 Å². The number of thiophene rings is 1. The van der Waals surface area contributed by atoms with Gasteiger partial charge in [0.05, 0.1) is 11.4 Å². The molecule has 1 aromatic heterocycles. The SMILES string of the molecule is C=CCC(NC(=O)CNC(=O)c1ccc(C)s1)C(=O)O. The van der Waals surface area contributed by atoms with Crippen LogP contribution < -0.4 is 10.6 Å². The Hall–Kier alpha value is -2.15. The summed E-state index contributed by atoms with van der Waals surface area (Å²) in [6, 6.07) is 2.45. The minimum Gasteiger partial charge on any atom is -0.480 e. The van der Waals surface area contributed by atoms with Crippen molar-refractivity contribution in [3.05, 3.63) is 34.5 Å². The summed E-state index contributed by atoms with van der Waals surface area (Å²) in [6.07, 6.45) is 1.53. The average Bonchev–Trinajstić information content (AvgIpc) is 2.82. The molecule has 0 aliphatic carbocycles. The number of rotatable bonds is 7. The molecule has 108 valence electrons. The highest BCUT2D eigenvalue weighted by atomic mass is 32.1. The van der Waals surface area contributed by atoms with E-state index in [2.05, 4.69) is 17.2 Å². The van der Waals surface area contributed by atoms with Gasteiger partial charge in [-0.1, -0.05) is 6.08 Å². The first kappa shape index (κ1) is 15.9. The highest BCUT2D eigenvalue weighted by Gasteiger charge is 2.18. The van der Waals surface area contributed by atoms with Gasteiger partial charge in [0, 0.05) is 4.88 Å². The Morgan fingerprint density at radius 2 is 2.15 bits per heavy atom. The van der Waals surface area contributed by atoms with Crippen molar-refractivity contribution in [1.82, 2.24) is 10.6 Å². The Kier molecular flexibility index (Phi) is 5.92. The maximum absolute atomic E-state index is 11.7. The number of hydrogen-bond acceptors (Lipinski definition) is 4. The molecular formula is C13H16N2O4S. The molecule has 3 N–H and O–H groups in total. The fourth-order valence-corrected chi connectivity index (χ4v) is 2.22. The number of amides is 2. The molecule has 0 aromatic carbocycles. The van der Waals surface area contributed by atoms with E-state index < -0.39 is 17.9 Å². The summed E-state index contributed by atoms with van der Waals surface area (Å²) in [6.45, 7) is 5.03. The minimum atomic E-state index is -1.14. The number of carbonyl (C=O) groups excluding carboxylic acids is 2. The van der Waals surface area contributed by atoms with Crippen LogP contribution in [0, 0.1) is 6.92 Å². The molecule has 0 fully saturated rings. The van der Waals surface area contributed by atoms with E-state index >= 15 is 0 Å². The molecule has 0 aliphatic heterocycles. The van der Waals surface area contributed by atoms with Crippen LogP contribution in [0.5, 0.6) is 0 Å². The van der Waals surface area contributed by atoms with Crippen LogP contribution in [0.15, 0.2) is 24.8 Å². The third-order valence-corrected chi connectivity index (χ3v) is 3.41. The number of carboxylic acids is 1. The lowest BCUT2D eigenvalue weighted by Crippen LogP contribution is -2.45. The zero-order chi connectivity index (χ0) is 15.1. The van der Waals surface area contributed by atoms with Crippen LogP contribution in [-0.2, 0) is 9.59 Å². The number of nitrogens with one attached hydrogen (secondary N) is 2. The lowest BCUT2D eigenvalue weighted by atomic mass is 10.2. The zero-order valence-corrected chi connectivity index (χ0v) is 11.8. The predicted molar refractivity (Wildman–Crippen MR) is 75.8 cm³/mol. The molecule has 6 nitrogen and oxygen atoms in total. The lowest BCUT2D eigenvalue weighted by Gasteiger charge is -2.12. The van der Waals surface area contributed by atoms with Gasteiger partial charge in [-0.3, -0.25) is 9.59 Å². The van der Waals surface area contributed by atoms with Crippen molar-refractivity contribution in [3.8, 4) is 0 Å². The summed E-state index contributed by atoms with van der Waals surface area (Å²) < 4.78 is 0. The molecular weight excluding hydrogens is 280 g/mol. The van der Waals surface area contributed by atoms with Crippen LogP contribution in [0.25, 0.3) is 0 Å². The molecule has 2 amide bonds. The Morgan fingerprint density at radius 3 is 2.65 bits per heavy atom. The number of carboxylic acid groups (broad SMARTS) is 1. The van der Waals surface area contributed by atoms with E-state index in [9.17, 15) is 14.4 Å². The van der Waals surface area contributed by atoms with Gasteiger partial charge in [0.15, 0.2) is 0 Å². The fraction of sp³-hybridized carbons (Fsp3) is 0.308. The first-order chi connectivity index (χ1) is 9.43. The van der Waals surface area contributed by atoms with Crippen LogP contribution in [-0.4, -0.2) is 35.5 Å². The molecule has 7 heteroatoms. The second kappa shape index (κ2) is 7.44. The first-order valence-corrected chi connectivity index (χ1v) is 6.73. The molecule has 1 unspecified atom stereocenters. The van der Waals surface area contributed by atoms with Gasteiger partial charge in [-0.2, -0.15) is 0 Å². The zero-order valence-electron chi connectivity index (χ0n) is 11.0. The van der Waals surface area contributed by atoms with Crippen molar-refractivity contribution < 1.29 is 19.5 Å². The summed E-state index contributed by atoms with van der Waals surface area (Å²) in [5.74, 6) is -2.05. The molecule has 0 saturated carbocycles. The van der Waals surface area contributed by atoms with E-state index in [-0.39, 0.29) is 18.9 Å². The van der Waals surface area contributed by atoms with E-state index in [1.807, 2.05) is 13.0 Å². The van der Waals surface area contributed by atoms with Crippen LogP contribution in [0.3, 0.4) is 0 Å². The van der Waals surface area contributed by atoms with Gasteiger partial charge in [0.1, 0.15) is 6.04 Å². The quantitative estimate of drug-likeness (QED) is 0.652. The molecule has 0 spiro atoms. The van der Waals surface area contributed by atoms with E-state index in [1.54, 1.807) is 6.07 Å². The van der Waals surface area contributed by atoms with Gasteiger partial charge in [0.25, 0.3) is 5.91 Å². The predicted octanol–water partition coefficient (Wildman–Crippen LogP) is 0.932. The highest BCUT2D eigenvalue weighted by molar-refractivity contribution is 7.13. The third-order valence-electron chi connectivity index (χ3n) is 2.41. The van der Waals surface area contributed by atoms with Crippen molar-refractivity contribution >= 4 is 29.1 Å². The Labute approximate surface area is 120 Å². The maximum atomic E-state index is 11.7. The minimum absolute atomic E-state index is 0.124. The summed E-state index contributed by atoms with van der Waals surface area (Å²) in [5, 5.41) is 13.6. The topological polar surface area (TPSA) is 95.5 Å². The molecule has 1 atom stereocenters. The lowest BCUT2D eigenvalue weighted by molar-refractivity contribution is -0.141. The van der Waals surface area contributed by atoms with Crippen molar-refractivity contribution in [2.24, 2.45) is 0 Å². The van der Waals surface area contributed by atoms with E-state index in [0.717, 1.165) is 4.88 Å². The first-order valence-electron chi connectivity index (χ1n) is 5.91. The van der Waals surface area contributed by atoms with Crippen molar-refractivity contribution in [3.63, 3.8) is 0 Å². The van der Waals surface area contributed by atoms with Crippen molar-refractivity contribution in [1.29, 1.82) is 0 Å². The smallest absolute Gasteiger partial charge is 0.326 e. The monoisotopic (exact) mass is 296 g/mol. The van der Waals surface area contributed by atoms with Crippen molar-refractivity contribution in [2.75, 3.05) is 6.54 Å². The standard InChI is InChI=1S/C13H16N2O4S/c1-3-4-9(13(18)19)15-11(16)7-14-12(17)10-6-5-8(2)20-10/h3,5-6,9H,1,4,7H2,2H3,(H,14,17)(H,15,16)(H,18,19). The molecule has 1 aromatic rings. The summed E-state index contributed by atoms with van der Waals surface area (Å²) >= 11 is 1.32. The molecule has 0 aliphatic rings. The van der Waals surface area contributed by atoms with E-state index in [1.165, 1.54) is 17.4 Å². The van der Waals surface area contributed by atoms with Gasteiger partial charge in [-0.25, -0.2) is 4.79 Å². The normalized spacial score (nSPS) is 11.4. The van der Waals surface area contributed by atoms with Crippen LogP contribution in [0.1, 0.15) is 21.0 Å². The Morgan fingerprint density at radius 1 is 1.45 bits per heavy atom. The van der Waals surface area contributed by atoms with Gasteiger partial charge < -0.3 is 15.7 Å². The third kappa shape index (κ3) is 4.85. The number of carbonyl (C=O) groups is 3. The summed E-state index contributed by atoms with van der Waals surface area (Å²) in [4.78, 5) is 35.6. The molecule has 1 heterocycles. The Bertz CT molecular complexity index is 524. The van der Waals surface area contributed by atoms with Gasteiger partial charge >= 0.3 is 5.97 Å². The number of aryl methyl sites for hydroxylation is 1. The second-order valence-electron chi connectivity index (χ2n) is 4.08. The highest BCUT2D eigenvalue weighted by Crippen LogP contribution is 2.14. The fourth-order valence-electron chi connectivity index (χ4n) is 1.44.